The Morgan fingerprint density at radius 1 is 1.07 bits per heavy atom. The van der Waals surface area contributed by atoms with Crippen molar-refractivity contribution in [3.8, 4) is 5.75 Å². The summed E-state index contributed by atoms with van der Waals surface area (Å²) in [6.07, 6.45) is 0.365. The molecule has 0 N–H and O–H groups in total. The van der Waals surface area contributed by atoms with Crippen molar-refractivity contribution in [1.29, 1.82) is 0 Å². The number of carbonyl (C=O) groups excluding carboxylic acids is 1. The zero-order valence-corrected chi connectivity index (χ0v) is 15.8. The van der Waals surface area contributed by atoms with E-state index in [0.717, 1.165) is 5.56 Å². The number of carbonyl (C=O) groups is 1. The summed E-state index contributed by atoms with van der Waals surface area (Å²) in [5.41, 5.74) is 1.43. The van der Waals surface area contributed by atoms with Crippen LogP contribution >= 0.6 is 23.2 Å². The van der Waals surface area contributed by atoms with E-state index in [9.17, 15) is 9.18 Å². The van der Waals surface area contributed by atoms with Gasteiger partial charge in [-0.25, -0.2) is 9.18 Å². The maximum atomic E-state index is 13.2. The van der Waals surface area contributed by atoms with Crippen LogP contribution in [0.25, 0.3) is 0 Å². The number of halogens is 3. The Balaban J connectivity index is 1.78. The van der Waals surface area contributed by atoms with E-state index in [2.05, 4.69) is 4.74 Å². The molecule has 2 aromatic carbocycles. The second-order valence-corrected chi connectivity index (χ2v) is 6.55. The van der Waals surface area contributed by atoms with E-state index in [4.69, 9.17) is 32.4 Å². The van der Waals surface area contributed by atoms with Crippen molar-refractivity contribution in [2.24, 2.45) is 0 Å². The molecule has 0 aliphatic heterocycles. The Bertz CT molecular complexity index is 968. The molecule has 0 radical (unpaired) electrons. The summed E-state index contributed by atoms with van der Waals surface area (Å²) in [5, 5.41) is 0.830. The molecule has 3 aromatic rings. The van der Waals surface area contributed by atoms with E-state index in [1.54, 1.807) is 36.4 Å². The second kappa shape index (κ2) is 8.46. The van der Waals surface area contributed by atoms with E-state index in [1.807, 2.05) is 0 Å². The molecule has 0 aliphatic carbocycles. The van der Waals surface area contributed by atoms with Crippen LogP contribution < -0.4 is 4.74 Å². The molecule has 0 bridgehead atoms. The lowest BCUT2D eigenvalue weighted by molar-refractivity contribution is 0.0563. The first kappa shape index (κ1) is 19.3. The number of esters is 1. The maximum absolute atomic E-state index is 13.2. The minimum Gasteiger partial charge on any atom is -0.489 e. The fourth-order valence-corrected chi connectivity index (χ4v) is 2.91. The molecule has 0 amide bonds. The van der Waals surface area contributed by atoms with Crippen LogP contribution in [0.5, 0.6) is 5.75 Å². The molecule has 1 aromatic heterocycles. The molecular formula is C20H15Cl2FO4. The Morgan fingerprint density at radius 2 is 1.89 bits per heavy atom. The fourth-order valence-electron chi connectivity index (χ4n) is 2.49. The first-order valence-electron chi connectivity index (χ1n) is 7.98. The van der Waals surface area contributed by atoms with Gasteiger partial charge in [-0.15, -0.1) is 0 Å². The summed E-state index contributed by atoms with van der Waals surface area (Å²) in [4.78, 5) is 11.5. The van der Waals surface area contributed by atoms with E-state index in [-0.39, 0.29) is 12.4 Å². The normalized spacial score (nSPS) is 10.7. The largest absolute Gasteiger partial charge is 0.489 e. The summed E-state index contributed by atoms with van der Waals surface area (Å²) in [6.45, 7) is 0.166. The number of ether oxygens (including phenoxy) is 2. The maximum Gasteiger partial charge on any atom is 0.373 e. The van der Waals surface area contributed by atoms with Gasteiger partial charge < -0.3 is 13.9 Å². The molecule has 0 atom stereocenters. The SMILES string of the molecule is COC(=O)c1ccc(Cc2cc(Cl)ccc2OCc2ccc(F)cc2Cl)o1. The van der Waals surface area contributed by atoms with Crippen molar-refractivity contribution in [2.45, 2.75) is 13.0 Å². The summed E-state index contributed by atoms with van der Waals surface area (Å²) >= 11 is 12.1. The average Bonchev–Trinajstić information content (AvgIpc) is 3.10. The zero-order chi connectivity index (χ0) is 19.4. The minimum atomic E-state index is -0.547. The lowest BCUT2D eigenvalue weighted by Crippen LogP contribution is -2.00. The third kappa shape index (κ3) is 4.81. The topological polar surface area (TPSA) is 48.7 Å². The van der Waals surface area contributed by atoms with Crippen LogP contribution in [0.3, 0.4) is 0 Å². The molecule has 3 rings (SSSR count). The van der Waals surface area contributed by atoms with Gasteiger partial charge in [0.15, 0.2) is 0 Å². The molecule has 7 heteroatoms. The predicted octanol–water partition coefficient (Wildman–Crippen LogP) is 5.68. The van der Waals surface area contributed by atoms with Crippen LogP contribution in [-0.4, -0.2) is 13.1 Å². The van der Waals surface area contributed by atoms with Gasteiger partial charge >= 0.3 is 5.97 Å². The van der Waals surface area contributed by atoms with Crippen LogP contribution in [0.2, 0.25) is 10.0 Å². The number of benzene rings is 2. The van der Waals surface area contributed by atoms with Gasteiger partial charge in [-0.2, -0.15) is 0 Å². The summed E-state index contributed by atoms with van der Waals surface area (Å²) < 4.78 is 29.1. The van der Waals surface area contributed by atoms with Gasteiger partial charge in [0.1, 0.15) is 23.9 Å². The van der Waals surface area contributed by atoms with Crippen molar-refractivity contribution < 1.29 is 23.1 Å². The molecule has 27 heavy (non-hydrogen) atoms. The van der Waals surface area contributed by atoms with Gasteiger partial charge in [0.25, 0.3) is 0 Å². The van der Waals surface area contributed by atoms with Gasteiger partial charge in [-0.3, -0.25) is 0 Å². The fraction of sp³-hybridized carbons (Fsp3) is 0.150. The van der Waals surface area contributed by atoms with Gasteiger partial charge in [0.2, 0.25) is 5.76 Å². The predicted molar refractivity (Wildman–Crippen MR) is 100 cm³/mol. The molecule has 0 unspecified atom stereocenters. The number of hydrogen-bond donors (Lipinski definition) is 0. The number of rotatable bonds is 6. The summed E-state index contributed by atoms with van der Waals surface area (Å²) in [5.74, 6) is 0.304. The van der Waals surface area contributed by atoms with Crippen molar-refractivity contribution in [3.05, 3.63) is 87.0 Å². The molecule has 0 spiro atoms. The van der Waals surface area contributed by atoms with Gasteiger partial charge in [0.05, 0.1) is 12.1 Å². The van der Waals surface area contributed by atoms with E-state index in [1.165, 1.54) is 19.2 Å². The van der Waals surface area contributed by atoms with Crippen LogP contribution in [-0.2, 0) is 17.8 Å². The molecule has 0 aliphatic rings. The second-order valence-electron chi connectivity index (χ2n) is 5.71. The Morgan fingerprint density at radius 3 is 2.63 bits per heavy atom. The van der Waals surface area contributed by atoms with Gasteiger partial charge in [-0.05, 0) is 42.5 Å². The number of methoxy groups -OCH3 is 1. The highest BCUT2D eigenvalue weighted by atomic mass is 35.5. The lowest BCUT2D eigenvalue weighted by Gasteiger charge is -2.12. The first-order valence-corrected chi connectivity index (χ1v) is 8.74. The Hall–Kier alpha value is -2.50. The van der Waals surface area contributed by atoms with Crippen molar-refractivity contribution in [1.82, 2.24) is 0 Å². The van der Waals surface area contributed by atoms with Gasteiger partial charge in [-0.1, -0.05) is 29.3 Å². The molecule has 0 fully saturated rings. The number of hydrogen-bond acceptors (Lipinski definition) is 4. The smallest absolute Gasteiger partial charge is 0.373 e. The van der Waals surface area contributed by atoms with Crippen molar-refractivity contribution in [2.75, 3.05) is 7.11 Å². The molecule has 4 nitrogen and oxygen atoms in total. The summed E-state index contributed by atoms with van der Waals surface area (Å²) in [6, 6.07) is 12.6. The highest BCUT2D eigenvalue weighted by Crippen LogP contribution is 2.28. The third-order valence-electron chi connectivity index (χ3n) is 3.83. The Kier molecular flexibility index (Phi) is 6.04. The van der Waals surface area contributed by atoms with E-state index in [0.29, 0.717) is 33.5 Å². The minimum absolute atomic E-state index is 0.120. The van der Waals surface area contributed by atoms with Crippen molar-refractivity contribution >= 4 is 29.2 Å². The molecule has 140 valence electrons. The van der Waals surface area contributed by atoms with Crippen molar-refractivity contribution in [3.63, 3.8) is 0 Å². The molecule has 1 heterocycles. The van der Waals surface area contributed by atoms with Gasteiger partial charge in [0, 0.05) is 22.6 Å². The van der Waals surface area contributed by atoms with Crippen LogP contribution in [0.1, 0.15) is 27.4 Å². The van der Waals surface area contributed by atoms with E-state index >= 15 is 0 Å². The first-order chi connectivity index (χ1) is 13.0. The average molecular weight is 409 g/mol. The monoisotopic (exact) mass is 408 g/mol. The molecule has 0 saturated heterocycles. The highest BCUT2D eigenvalue weighted by molar-refractivity contribution is 6.31. The highest BCUT2D eigenvalue weighted by Gasteiger charge is 2.14. The molecular weight excluding hydrogens is 394 g/mol. The van der Waals surface area contributed by atoms with Crippen LogP contribution in [0.4, 0.5) is 4.39 Å². The van der Waals surface area contributed by atoms with Crippen LogP contribution in [0, 0.1) is 5.82 Å². The standard InChI is InChI=1S/C20H15Cl2FO4/c1-25-20(24)19-7-5-16(27-19)9-13-8-14(21)3-6-18(13)26-11-12-2-4-15(23)10-17(12)22/h2-8,10H,9,11H2,1H3. The summed E-state index contributed by atoms with van der Waals surface area (Å²) in [7, 11) is 1.29. The lowest BCUT2D eigenvalue weighted by atomic mass is 10.1. The Labute approximate surface area is 165 Å². The van der Waals surface area contributed by atoms with Crippen LogP contribution in [0.15, 0.2) is 52.9 Å². The molecule has 0 saturated carbocycles. The third-order valence-corrected chi connectivity index (χ3v) is 4.42. The number of furan rings is 1. The zero-order valence-electron chi connectivity index (χ0n) is 14.3. The quantitative estimate of drug-likeness (QED) is 0.492. The van der Waals surface area contributed by atoms with E-state index < -0.39 is 11.8 Å².